The quantitative estimate of drug-likeness (QED) is 0.287. The summed E-state index contributed by atoms with van der Waals surface area (Å²) in [6, 6.07) is 9.15. The smallest absolute Gasteiger partial charge is 0.346 e. The van der Waals surface area contributed by atoms with E-state index in [1.807, 2.05) is 0 Å². The fourth-order valence-corrected chi connectivity index (χ4v) is 3.37. The lowest BCUT2D eigenvalue weighted by Crippen LogP contribution is -2.60. The van der Waals surface area contributed by atoms with Gasteiger partial charge in [0.1, 0.15) is 24.1 Å². The third kappa shape index (κ3) is 5.77. The molecule has 2 aromatic rings. The number of halogens is 2. The lowest BCUT2D eigenvalue weighted by Gasteiger charge is -2.37. The summed E-state index contributed by atoms with van der Waals surface area (Å²) in [7, 11) is 0. The SMILES string of the molecule is Cc1ccc(Nc2c(F)cccc2Cl)c(CC(=O)OO[C@H]2O[C@H](C(=O)O)[C@@H](O)[C@H](O)[C@H]2O)c1. The molecule has 0 unspecified atom stereocenters. The molecule has 0 saturated carbocycles. The Morgan fingerprint density at radius 1 is 1.15 bits per heavy atom. The Bertz CT molecular complexity index is 1020. The molecule has 2 aromatic carbocycles. The van der Waals surface area contributed by atoms with Crippen molar-refractivity contribution in [2.75, 3.05) is 5.32 Å². The number of hydrogen-bond acceptors (Lipinski definition) is 9. The van der Waals surface area contributed by atoms with Crippen molar-refractivity contribution >= 4 is 34.9 Å². The minimum atomic E-state index is -1.92. The van der Waals surface area contributed by atoms with Gasteiger partial charge in [-0.25, -0.2) is 14.0 Å². The van der Waals surface area contributed by atoms with Crippen LogP contribution < -0.4 is 5.32 Å². The van der Waals surface area contributed by atoms with Gasteiger partial charge in [0.15, 0.2) is 6.10 Å². The van der Waals surface area contributed by atoms with E-state index in [2.05, 4.69) is 10.2 Å². The molecule has 1 aliphatic rings. The van der Waals surface area contributed by atoms with Gasteiger partial charge < -0.3 is 30.5 Å². The van der Waals surface area contributed by atoms with E-state index < -0.39 is 48.5 Å². The van der Waals surface area contributed by atoms with Gasteiger partial charge in [-0.1, -0.05) is 35.4 Å². The van der Waals surface area contributed by atoms with Gasteiger partial charge in [-0.2, -0.15) is 0 Å². The fraction of sp³-hybridized carbons (Fsp3) is 0.333. The number of rotatable bonds is 7. The molecule has 0 radical (unpaired) electrons. The van der Waals surface area contributed by atoms with Crippen LogP contribution in [0.15, 0.2) is 36.4 Å². The van der Waals surface area contributed by atoms with E-state index in [9.17, 15) is 29.3 Å². The zero-order valence-corrected chi connectivity index (χ0v) is 17.9. The third-order valence-electron chi connectivity index (χ3n) is 4.87. The highest BCUT2D eigenvalue weighted by molar-refractivity contribution is 6.33. The number of carboxylic acid groups (broad SMARTS) is 1. The number of carbonyl (C=O) groups is 2. The van der Waals surface area contributed by atoms with E-state index in [1.54, 1.807) is 25.1 Å². The van der Waals surface area contributed by atoms with Crippen LogP contribution in [0.3, 0.4) is 0 Å². The molecule has 5 atom stereocenters. The lowest BCUT2D eigenvalue weighted by atomic mass is 9.99. The molecule has 3 rings (SSSR count). The van der Waals surface area contributed by atoms with E-state index in [4.69, 9.17) is 26.3 Å². The first-order valence-corrected chi connectivity index (χ1v) is 10.1. The first-order chi connectivity index (χ1) is 15.6. The van der Waals surface area contributed by atoms with Gasteiger partial charge in [0, 0.05) is 5.69 Å². The molecule has 0 amide bonds. The van der Waals surface area contributed by atoms with Gasteiger partial charge in [-0.3, -0.25) is 4.89 Å². The predicted molar refractivity (Wildman–Crippen MR) is 111 cm³/mol. The predicted octanol–water partition coefficient (Wildman–Crippen LogP) is 1.44. The van der Waals surface area contributed by atoms with Crippen molar-refractivity contribution in [3.63, 3.8) is 0 Å². The van der Waals surface area contributed by atoms with Crippen LogP contribution in [0, 0.1) is 12.7 Å². The lowest BCUT2D eigenvalue weighted by molar-refractivity contribution is -0.400. The van der Waals surface area contributed by atoms with Crippen LogP contribution in [0.5, 0.6) is 0 Å². The average Bonchev–Trinajstić information content (AvgIpc) is 2.75. The van der Waals surface area contributed by atoms with Crippen LogP contribution in [0.2, 0.25) is 5.02 Å². The highest BCUT2D eigenvalue weighted by Gasteiger charge is 2.48. The number of anilines is 2. The molecule has 178 valence electrons. The highest BCUT2D eigenvalue weighted by atomic mass is 35.5. The van der Waals surface area contributed by atoms with E-state index in [1.165, 1.54) is 18.2 Å². The summed E-state index contributed by atoms with van der Waals surface area (Å²) in [5.74, 6) is -3.18. The number of para-hydroxylation sites is 1. The first-order valence-electron chi connectivity index (χ1n) is 9.67. The van der Waals surface area contributed by atoms with E-state index >= 15 is 0 Å². The van der Waals surface area contributed by atoms with Crippen LogP contribution in [-0.2, 0) is 30.5 Å². The molecule has 10 nitrogen and oxygen atoms in total. The molecule has 1 aliphatic heterocycles. The molecule has 0 aromatic heterocycles. The number of aliphatic hydroxyl groups excluding tert-OH is 3. The maximum Gasteiger partial charge on any atom is 0.346 e. The molecule has 0 aliphatic carbocycles. The Morgan fingerprint density at radius 3 is 2.55 bits per heavy atom. The van der Waals surface area contributed by atoms with Crippen molar-refractivity contribution in [3.05, 3.63) is 58.4 Å². The second-order valence-corrected chi connectivity index (χ2v) is 7.75. The molecule has 1 fully saturated rings. The minimum Gasteiger partial charge on any atom is -0.479 e. The summed E-state index contributed by atoms with van der Waals surface area (Å²) in [5.41, 5.74) is 1.56. The number of aryl methyl sites for hydroxylation is 1. The Balaban J connectivity index is 1.69. The van der Waals surface area contributed by atoms with Gasteiger partial charge in [-0.05, 0) is 30.7 Å². The van der Waals surface area contributed by atoms with E-state index in [0.29, 0.717) is 11.3 Å². The van der Waals surface area contributed by atoms with Gasteiger partial charge in [0.05, 0.1) is 17.1 Å². The Morgan fingerprint density at radius 2 is 1.88 bits per heavy atom. The monoisotopic (exact) mass is 485 g/mol. The molecular formula is C21H21ClFNO9. The zero-order valence-electron chi connectivity index (χ0n) is 17.1. The molecule has 12 heteroatoms. The molecule has 0 spiro atoms. The minimum absolute atomic E-state index is 0.0138. The Hall–Kier alpha value is -2.80. The highest BCUT2D eigenvalue weighted by Crippen LogP contribution is 2.30. The molecule has 5 N–H and O–H groups in total. The summed E-state index contributed by atoms with van der Waals surface area (Å²) in [6.45, 7) is 1.77. The first kappa shape index (κ1) is 24.8. The topological polar surface area (TPSA) is 155 Å². The van der Waals surface area contributed by atoms with Crippen molar-refractivity contribution < 1.29 is 48.9 Å². The number of hydrogen-bond donors (Lipinski definition) is 5. The molecule has 1 saturated heterocycles. The van der Waals surface area contributed by atoms with Crippen LogP contribution in [-0.4, -0.2) is 63.1 Å². The van der Waals surface area contributed by atoms with E-state index in [0.717, 1.165) is 5.56 Å². The summed E-state index contributed by atoms with van der Waals surface area (Å²) in [6.07, 6.45) is -9.86. The van der Waals surface area contributed by atoms with Gasteiger partial charge in [0.25, 0.3) is 0 Å². The van der Waals surface area contributed by atoms with Crippen LogP contribution in [0.25, 0.3) is 0 Å². The number of ether oxygens (including phenoxy) is 1. The number of carbonyl (C=O) groups excluding carboxylic acids is 1. The third-order valence-corrected chi connectivity index (χ3v) is 5.18. The van der Waals surface area contributed by atoms with Gasteiger partial charge in [0.2, 0.25) is 6.29 Å². The number of benzene rings is 2. The fourth-order valence-electron chi connectivity index (χ4n) is 3.16. The van der Waals surface area contributed by atoms with Crippen molar-refractivity contribution in [2.24, 2.45) is 0 Å². The zero-order chi connectivity index (χ0) is 24.3. The van der Waals surface area contributed by atoms with Crippen LogP contribution in [0.4, 0.5) is 15.8 Å². The number of aliphatic hydroxyl groups is 3. The molecule has 1 heterocycles. The standard InChI is InChI=1S/C21H21ClFNO9/c1-9-5-6-13(24-15-11(22)3-2-4-12(15)23)10(7-9)8-14(25)32-33-21-18(28)16(26)17(27)19(31-21)20(29)30/h2-7,16-19,21,24,26-28H,8H2,1H3,(H,29,30)/t16-,17-,18+,19-,21+/m0/s1. The summed E-state index contributed by atoms with van der Waals surface area (Å²) in [5, 5.41) is 41.3. The summed E-state index contributed by atoms with van der Waals surface area (Å²) >= 11 is 6.04. The Kier molecular flexibility index (Phi) is 7.84. The number of nitrogens with one attached hydrogen (secondary N) is 1. The molecule has 33 heavy (non-hydrogen) atoms. The largest absolute Gasteiger partial charge is 0.479 e. The summed E-state index contributed by atoms with van der Waals surface area (Å²) in [4.78, 5) is 32.8. The van der Waals surface area contributed by atoms with Gasteiger partial charge >= 0.3 is 11.9 Å². The van der Waals surface area contributed by atoms with E-state index in [-0.39, 0.29) is 17.1 Å². The number of carboxylic acids is 1. The summed E-state index contributed by atoms with van der Waals surface area (Å²) < 4.78 is 19.0. The average molecular weight is 486 g/mol. The van der Waals surface area contributed by atoms with Crippen molar-refractivity contribution in [3.8, 4) is 0 Å². The van der Waals surface area contributed by atoms with Crippen molar-refractivity contribution in [1.29, 1.82) is 0 Å². The maximum atomic E-state index is 14.1. The van der Waals surface area contributed by atoms with Crippen LogP contribution >= 0.6 is 11.6 Å². The van der Waals surface area contributed by atoms with Crippen molar-refractivity contribution in [2.45, 2.75) is 44.1 Å². The van der Waals surface area contributed by atoms with Gasteiger partial charge in [-0.15, -0.1) is 4.89 Å². The maximum absolute atomic E-state index is 14.1. The normalized spacial score (nSPS) is 24.8. The van der Waals surface area contributed by atoms with Crippen molar-refractivity contribution in [1.82, 2.24) is 0 Å². The Labute approximate surface area is 192 Å². The second kappa shape index (κ2) is 10.4. The number of aliphatic carboxylic acids is 1. The molecular weight excluding hydrogens is 465 g/mol. The second-order valence-electron chi connectivity index (χ2n) is 7.35. The van der Waals surface area contributed by atoms with Crippen LogP contribution in [0.1, 0.15) is 11.1 Å². The molecule has 0 bridgehead atoms.